The van der Waals surface area contributed by atoms with Crippen LogP contribution in [0.2, 0.25) is 0 Å². The highest BCUT2D eigenvalue weighted by molar-refractivity contribution is 4.81. The summed E-state index contributed by atoms with van der Waals surface area (Å²) in [5.74, 6) is 0.202. The molecule has 0 saturated heterocycles. The highest BCUT2D eigenvalue weighted by Crippen LogP contribution is 2.11. The Kier molecular flexibility index (Phi) is 6.43. The van der Waals surface area contributed by atoms with Gasteiger partial charge in [0.2, 0.25) is 0 Å². The molecule has 0 aromatic heterocycles. The zero-order chi connectivity index (χ0) is 8.53. The molecule has 0 N–H and O–H groups in total. The predicted octanol–water partition coefficient (Wildman–Crippen LogP) is 2.62. The molecule has 1 atom stereocenters. The molecule has 0 saturated carbocycles. The Hall–Kier alpha value is -1.02. The molecule has 0 radical (unpaired) electrons. The third-order valence-electron chi connectivity index (χ3n) is 1.77. The van der Waals surface area contributed by atoms with E-state index in [1.165, 1.54) is 0 Å². The Morgan fingerprint density at radius 2 is 2.00 bits per heavy atom. The molecule has 0 fully saturated rings. The maximum absolute atomic E-state index is 8.57. The van der Waals surface area contributed by atoms with Gasteiger partial charge in [-0.15, -0.1) is 0 Å². The average molecular weight is 150 g/mol. The van der Waals surface area contributed by atoms with Crippen molar-refractivity contribution >= 4 is 0 Å². The fraction of sp³-hybridized carbons (Fsp3) is 0.778. The van der Waals surface area contributed by atoms with Gasteiger partial charge < -0.3 is 0 Å². The highest BCUT2D eigenvalue weighted by atomic mass is 14.3. The first-order valence-electron chi connectivity index (χ1n) is 4.11. The van der Waals surface area contributed by atoms with Crippen LogP contribution in [0.15, 0.2) is 0 Å². The van der Waals surface area contributed by atoms with Crippen molar-refractivity contribution in [2.75, 3.05) is 0 Å². The quantitative estimate of drug-likeness (QED) is 0.565. The summed E-state index contributed by atoms with van der Waals surface area (Å²) in [6.07, 6.45) is 4.47. The summed E-state index contributed by atoms with van der Waals surface area (Å²) in [6.45, 7) is 2.03. The van der Waals surface area contributed by atoms with E-state index in [1.807, 2.05) is 6.92 Å². The van der Waals surface area contributed by atoms with E-state index < -0.39 is 0 Å². The molecule has 0 amide bonds. The molecular formula is C9H14N2. The molecule has 2 nitrogen and oxygen atoms in total. The first-order valence-corrected chi connectivity index (χ1v) is 4.11. The van der Waals surface area contributed by atoms with Crippen molar-refractivity contribution in [1.82, 2.24) is 0 Å². The van der Waals surface area contributed by atoms with Crippen LogP contribution in [0.5, 0.6) is 0 Å². The van der Waals surface area contributed by atoms with Gasteiger partial charge in [0.25, 0.3) is 0 Å². The summed E-state index contributed by atoms with van der Waals surface area (Å²) in [5, 5.41) is 16.8. The molecule has 0 aromatic rings. The van der Waals surface area contributed by atoms with Gasteiger partial charge in [0.1, 0.15) is 0 Å². The molecule has 0 aliphatic heterocycles. The maximum atomic E-state index is 8.57. The number of hydrogen-bond acceptors (Lipinski definition) is 2. The van der Waals surface area contributed by atoms with Crippen molar-refractivity contribution in [3.63, 3.8) is 0 Å². The SMILES string of the molecule is CCC(C#N)CCCCC#N. The highest BCUT2D eigenvalue weighted by Gasteiger charge is 2.02. The number of unbranched alkanes of at least 4 members (excludes halogenated alkanes) is 2. The van der Waals surface area contributed by atoms with Crippen molar-refractivity contribution in [2.45, 2.75) is 39.0 Å². The van der Waals surface area contributed by atoms with Crippen molar-refractivity contribution in [1.29, 1.82) is 10.5 Å². The maximum Gasteiger partial charge on any atom is 0.0655 e. The van der Waals surface area contributed by atoms with Gasteiger partial charge in [-0.05, 0) is 19.3 Å². The van der Waals surface area contributed by atoms with Crippen LogP contribution in [0.25, 0.3) is 0 Å². The van der Waals surface area contributed by atoms with Crippen LogP contribution in [0.1, 0.15) is 39.0 Å². The lowest BCUT2D eigenvalue weighted by Gasteiger charge is -2.02. The molecule has 2 heteroatoms. The summed E-state index contributed by atoms with van der Waals surface area (Å²) < 4.78 is 0. The Bertz CT molecular complexity index is 161. The largest absolute Gasteiger partial charge is 0.198 e. The predicted molar refractivity (Wildman–Crippen MR) is 43.5 cm³/mol. The number of rotatable bonds is 5. The minimum atomic E-state index is 0.202. The van der Waals surface area contributed by atoms with Crippen LogP contribution in [0.3, 0.4) is 0 Å². The first-order chi connectivity index (χ1) is 5.35. The van der Waals surface area contributed by atoms with Gasteiger partial charge in [-0.2, -0.15) is 10.5 Å². The second-order valence-electron chi connectivity index (χ2n) is 2.64. The molecule has 1 unspecified atom stereocenters. The third kappa shape index (κ3) is 5.43. The lowest BCUT2D eigenvalue weighted by Crippen LogP contribution is -1.93. The molecule has 0 spiro atoms. The van der Waals surface area contributed by atoms with Crippen LogP contribution in [-0.4, -0.2) is 0 Å². The van der Waals surface area contributed by atoms with Crippen LogP contribution in [-0.2, 0) is 0 Å². The van der Waals surface area contributed by atoms with E-state index in [1.54, 1.807) is 0 Å². The molecule has 0 bridgehead atoms. The summed E-state index contributed by atoms with van der Waals surface area (Å²) in [7, 11) is 0. The van der Waals surface area contributed by atoms with Gasteiger partial charge in [-0.1, -0.05) is 13.3 Å². The van der Waals surface area contributed by atoms with E-state index in [0.29, 0.717) is 6.42 Å². The van der Waals surface area contributed by atoms with Gasteiger partial charge in [-0.3, -0.25) is 0 Å². The van der Waals surface area contributed by atoms with Crippen LogP contribution < -0.4 is 0 Å². The second-order valence-corrected chi connectivity index (χ2v) is 2.64. The van der Waals surface area contributed by atoms with Crippen LogP contribution in [0, 0.1) is 28.6 Å². The lowest BCUT2D eigenvalue weighted by molar-refractivity contribution is 0.543. The molecule has 0 aromatic carbocycles. The Morgan fingerprint density at radius 1 is 1.27 bits per heavy atom. The topological polar surface area (TPSA) is 47.6 Å². The van der Waals surface area contributed by atoms with E-state index in [2.05, 4.69) is 12.1 Å². The Balaban J connectivity index is 3.25. The molecule has 0 aliphatic rings. The molecular weight excluding hydrogens is 136 g/mol. The smallest absolute Gasteiger partial charge is 0.0655 e. The second kappa shape index (κ2) is 7.09. The monoisotopic (exact) mass is 150 g/mol. The zero-order valence-electron chi connectivity index (χ0n) is 7.01. The lowest BCUT2D eigenvalue weighted by atomic mass is 10.0. The minimum Gasteiger partial charge on any atom is -0.198 e. The molecule has 60 valence electrons. The van der Waals surface area contributed by atoms with Gasteiger partial charge in [-0.25, -0.2) is 0 Å². The number of nitriles is 2. The van der Waals surface area contributed by atoms with Gasteiger partial charge in [0.05, 0.1) is 12.1 Å². The molecule has 0 rings (SSSR count). The molecule has 0 heterocycles. The van der Waals surface area contributed by atoms with Crippen molar-refractivity contribution in [3.8, 4) is 12.1 Å². The van der Waals surface area contributed by atoms with Crippen LogP contribution in [0.4, 0.5) is 0 Å². The van der Waals surface area contributed by atoms with Crippen molar-refractivity contribution < 1.29 is 0 Å². The fourth-order valence-electron chi connectivity index (χ4n) is 0.955. The number of hydrogen-bond donors (Lipinski definition) is 0. The summed E-state index contributed by atoms with van der Waals surface area (Å²) >= 11 is 0. The van der Waals surface area contributed by atoms with Crippen molar-refractivity contribution in [3.05, 3.63) is 0 Å². The van der Waals surface area contributed by atoms with E-state index in [0.717, 1.165) is 25.7 Å². The normalized spacial score (nSPS) is 11.5. The molecule has 0 aliphatic carbocycles. The third-order valence-corrected chi connectivity index (χ3v) is 1.77. The number of nitrogens with zero attached hydrogens (tertiary/aromatic N) is 2. The Labute approximate surface area is 68.4 Å². The van der Waals surface area contributed by atoms with Crippen molar-refractivity contribution in [2.24, 2.45) is 5.92 Å². The summed E-state index contributed by atoms with van der Waals surface area (Å²) in [5.41, 5.74) is 0. The van der Waals surface area contributed by atoms with E-state index in [4.69, 9.17) is 10.5 Å². The molecule has 11 heavy (non-hydrogen) atoms. The van der Waals surface area contributed by atoms with Gasteiger partial charge in [0, 0.05) is 12.3 Å². The Morgan fingerprint density at radius 3 is 2.45 bits per heavy atom. The summed E-state index contributed by atoms with van der Waals surface area (Å²) in [6, 6.07) is 4.34. The standard InChI is InChI=1S/C9H14N2/c1-2-9(8-11)6-4-3-5-7-10/h9H,2-6H2,1H3. The van der Waals surface area contributed by atoms with Gasteiger partial charge >= 0.3 is 0 Å². The van der Waals surface area contributed by atoms with E-state index >= 15 is 0 Å². The van der Waals surface area contributed by atoms with Crippen LogP contribution >= 0.6 is 0 Å². The summed E-state index contributed by atoms with van der Waals surface area (Å²) in [4.78, 5) is 0. The minimum absolute atomic E-state index is 0.202. The first kappa shape index (κ1) is 9.98. The fourth-order valence-corrected chi connectivity index (χ4v) is 0.955. The zero-order valence-corrected chi connectivity index (χ0v) is 7.01. The average Bonchev–Trinajstić information content (AvgIpc) is 2.05. The van der Waals surface area contributed by atoms with Gasteiger partial charge in [0.15, 0.2) is 0 Å². The van der Waals surface area contributed by atoms with E-state index in [9.17, 15) is 0 Å². The van der Waals surface area contributed by atoms with E-state index in [-0.39, 0.29) is 5.92 Å².